The van der Waals surface area contributed by atoms with Crippen LogP contribution in [-0.4, -0.2) is 22.5 Å². The maximum absolute atomic E-state index is 12.6. The van der Waals surface area contributed by atoms with Crippen LogP contribution in [0.3, 0.4) is 0 Å². The highest BCUT2D eigenvalue weighted by molar-refractivity contribution is 6.33. The lowest BCUT2D eigenvalue weighted by Crippen LogP contribution is -2.38. The van der Waals surface area contributed by atoms with Crippen LogP contribution in [0.25, 0.3) is 10.9 Å². The summed E-state index contributed by atoms with van der Waals surface area (Å²) in [6.45, 7) is 3.25. The second-order valence-corrected chi connectivity index (χ2v) is 6.62. The molecule has 2 aromatic carbocycles. The van der Waals surface area contributed by atoms with Gasteiger partial charge in [0.25, 0.3) is 0 Å². The number of nitrogens with one attached hydrogen (secondary N) is 2. The molecule has 122 valence electrons. The summed E-state index contributed by atoms with van der Waals surface area (Å²) in [5.74, 6) is 0. The van der Waals surface area contributed by atoms with E-state index in [1.54, 1.807) is 0 Å². The Morgan fingerprint density at radius 1 is 1.25 bits per heavy atom. The first-order valence-electron chi connectivity index (χ1n) is 8.02. The Morgan fingerprint density at radius 2 is 2.08 bits per heavy atom. The number of benzene rings is 2. The Hall–Kier alpha value is -2.46. The molecule has 1 aliphatic rings. The molecule has 2 amide bonds. The van der Waals surface area contributed by atoms with Gasteiger partial charge < -0.3 is 15.2 Å². The van der Waals surface area contributed by atoms with Crippen LogP contribution in [0.4, 0.5) is 10.5 Å². The summed E-state index contributed by atoms with van der Waals surface area (Å²) < 4.78 is 0. The zero-order valence-corrected chi connectivity index (χ0v) is 14.2. The molecule has 2 heterocycles. The molecule has 0 aliphatic carbocycles. The van der Waals surface area contributed by atoms with Gasteiger partial charge in [0.2, 0.25) is 0 Å². The van der Waals surface area contributed by atoms with E-state index in [9.17, 15) is 4.79 Å². The number of rotatable bonds is 1. The second kappa shape index (κ2) is 5.87. The molecular formula is C19H18ClN3O. The summed E-state index contributed by atoms with van der Waals surface area (Å²) in [7, 11) is 0. The molecule has 0 unspecified atom stereocenters. The quantitative estimate of drug-likeness (QED) is 0.662. The van der Waals surface area contributed by atoms with Gasteiger partial charge in [-0.1, -0.05) is 35.9 Å². The number of anilines is 1. The molecule has 0 radical (unpaired) electrons. The van der Waals surface area contributed by atoms with E-state index in [2.05, 4.69) is 28.5 Å². The number of aromatic nitrogens is 1. The van der Waals surface area contributed by atoms with Crippen molar-refractivity contribution < 1.29 is 4.79 Å². The van der Waals surface area contributed by atoms with E-state index in [4.69, 9.17) is 11.6 Å². The summed E-state index contributed by atoms with van der Waals surface area (Å²) in [6.07, 6.45) is 0.856. The smallest absolute Gasteiger partial charge is 0.322 e. The molecule has 1 aromatic heterocycles. The Morgan fingerprint density at radius 3 is 2.92 bits per heavy atom. The van der Waals surface area contributed by atoms with Crippen molar-refractivity contribution in [3.63, 3.8) is 0 Å². The molecule has 5 heteroatoms. The number of hydrogen-bond donors (Lipinski definition) is 2. The standard InChI is InChI=1S/C19H18ClN3O/c1-12-6-7-17(15(20)10-12)22-19(24)23-9-8-14-13-4-2-3-5-16(13)21-18(14)11-23/h2-7,10,21H,8-9,11H2,1H3,(H,22,24). The lowest BCUT2D eigenvalue weighted by Gasteiger charge is -2.27. The molecule has 0 atom stereocenters. The number of para-hydroxylation sites is 1. The fourth-order valence-electron chi connectivity index (χ4n) is 3.28. The van der Waals surface area contributed by atoms with Crippen LogP contribution in [0.1, 0.15) is 16.8 Å². The van der Waals surface area contributed by atoms with Crippen LogP contribution >= 0.6 is 11.6 Å². The lowest BCUT2D eigenvalue weighted by atomic mass is 10.0. The first kappa shape index (κ1) is 15.1. The maximum atomic E-state index is 12.6. The average molecular weight is 340 g/mol. The highest BCUT2D eigenvalue weighted by atomic mass is 35.5. The number of urea groups is 1. The van der Waals surface area contributed by atoms with Gasteiger partial charge in [-0.15, -0.1) is 0 Å². The van der Waals surface area contributed by atoms with Gasteiger partial charge in [-0.2, -0.15) is 0 Å². The minimum absolute atomic E-state index is 0.120. The number of fused-ring (bicyclic) bond motifs is 3. The number of amides is 2. The van der Waals surface area contributed by atoms with Crippen molar-refractivity contribution in [2.24, 2.45) is 0 Å². The number of nitrogens with zero attached hydrogens (tertiary/aromatic N) is 1. The van der Waals surface area contributed by atoms with Crippen molar-refractivity contribution in [1.82, 2.24) is 9.88 Å². The topological polar surface area (TPSA) is 48.1 Å². The van der Waals surface area contributed by atoms with Crippen LogP contribution in [0.5, 0.6) is 0 Å². The molecule has 4 rings (SSSR count). The Bertz CT molecular complexity index is 932. The molecule has 0 saturated heterocycles. The predicted molar refractivity (Wildman–Crippen MR) is 97.6 cm³/mol. The maximum Gasteiger partial charge on any atom is 0.322 e. The van der Waals surface area contributed by atoms with Gasteiger partial charge in [-0.3, -0.25) is 0 Å². The van der Waals surface area contributed by atoms with Crippen LogP contribution in [-0.2, 0) is 13.0 Å². The number of aryl methyl sites for hydroxylation is 1. The minimum Gasteiger partial charge on any atom is -0.357 e. The molecule has 4 nitrogen and oxygen atoms in total. The third kappa shape index (κ3) is 2.63. The van der Waals surface area contributed by atoms with E-state index in [0.29, 0.717) is 23.8 Å². The van der Waals surface area contributed by atoms with E-state index >= 15 is 0 Å². The van der Waals surface area contributed by atoms with Gasteiger partial charge >= 0.3 is 6.03 Å². The highest BCUT2D eigenvalue weighted by Gasteiger charge is 2.24. The third-order valence-corrected chi connectivity index (χ3v) is 4.85. The van der Waals surface area contributed by atoms with Gasteiger partial charge in [0.15, 0.2) is 0 Å². The SMILES string of the molecule is Cc1ccc(NC(=O)N2CCc3c([nH]c4ccccc34)C2)c(Cl)c1. The molecule has 3 aromatic rings. The number of aromatic amines is 1. The summed E-state index contributed by atoms with van der Waals surface area (Å²) >= 11 is 6.21. The third-order valence-electron chi connectivity index (χ3n) is 4.54. The van der Waals surface area contributed by atoms with E-state index < -0.39 is 0 Å². The van der Waals surface area contributed by atoms with E-state index in [1.807, 2.05) is 36.1 Å². The van der Waals surface area contributed by atoms with Crippen molar-refractivity contribution in [3.05, 3.63) is 64.3 Å². The Balaban J connectivity index is 1.54. The van der Waals surface area contributed by atoms with E-state index in [-0.39, 0.29) is 6.03 Å². The predicted octanol–water partition coefficient (Wildman–Crippen LogP) is 4.72. The number of carbonyl (C=O) groups excluding carboxylic acids is 1. The lowest BCUT2D eigenvalue weighted by molar-refractivity contribution is 0.206. The fraction of sp³-hybridized carbons (Fsp3) is 0.211. The van der Waals surface area contributed by atoms with Crippen LogP contribution in [0, 0.1) is 6.92 Å². The van der Waals surface area contributed by atoms with Crippen molar-refractivity contribution in [2.45, 2.75) is 19.9 Å². The largest absolute Gasteiger partial charge is 0.357 e. The fourth-order valence-corrected chi connectivity index (χ4v) is 3.56. The van der Waals surface area contributed by atoms with Crippen molar-refractivity contribution in [2.75, 3.05) is 11.9 Å². The van der Waals surface area contributed by atoms with Crippen molar-refractivity contribution in [3.8, 4) is 0 Å². The van der Waals surface area contributed by atoms with E-state index in [1.165, 1.54) is 10.9 Å². The molecule has 2 N–H and O–H groups in total. The summed E-state index contributed by atoms with van der Waals surface area (Å²) in [6, 6.07) is 13.8. The minimum atomic E-state index is -0.120. The summed E-state index contributed by atoms with van der Waals surface area (Å²) in [5.41, 5.74) is 5.29. The normalized spacial score (nSPS) is 13.8. The van der Waals surface area contributed by atoms with Gasteiger partial charge in [0, 0.05) is 23.1 Å². The molecule has 1 aliphatic heterocycles. The first-order valence-corrected chi connectivity index (χ1v) is 8.40. The first-order chi connectivity index (χ1) is 11.6. The van der Waals surface area contributed by atoms with Gasteiger partial charge in [-0.05, 0) is 42.7 Å². The van der Waals surface area contributed by atoms with Gasteiger partial charge in [0.1, 0.15) is 0 Å². The second-order valence-electron chi connectivity index (χ2n) is 6.21. The van der Waals surface area contributed by atoms with Crippen LogP contribution < -0.4 is 5.32 Å². The van der Waals surface area contributed by atoms with E-state index in [0.717, 1.165) is 23.2 Å². The molecule has 24 heavy (non-hydrogen) atoms. The number of H-pyrrole nitrogens is 1. The Labute approximate surface area is 145 Å². The summed E-state index contributed by atoms with van der Waals surface area (Å²) in [4.78, 5) is 17.8. The zero-order valence-electron chi connectivity index (χ0n) is 13.4. The van der Waals surface area contributed by atoms with Crippen molar-refractivity contribution >= 4 is 34.2 Å². The molecular weight excluding hydrogens is 322 g/mol. The molecule has 0 spiro atoms. The molecule has 0 saturated carbocycles. The van der Waals surface area contributed by atoms with Gasteiger partial charge in [0.05, 0.1) is 17.3 Å². The number of carbonyl (C=O) groups is 1. The molecule has 0 bridgehead atoms. The highest BCUT2D eigenvalue weighted by Crippen LogP contribution is 2.28. The average Bonchev–Trinajstić information content (AvgIpc) is 2.95. The Kier molecular flexibility index (Phi) is 3.69. The number of hydrogen-bond acceptors (Lipinski definition) is 1. The van der Waals surface area contributed by atoms with Crippen LogP contribution in [0.15, 0.2) is 42.5 Å². The summed E-state index contributed by atoms with van der Waals surface area (Å²) in [5, 5.41) is 4.73. The monoisotopic (exact) mass is 339 g/mol. The van der Waals surface area contributed by atoms with Crippen molar-refractivity contribution in [1.29, 1.82) is 0 Å². The van der Waals surface area contributed by atoms with Crippen LogP contribution in [0.2, 0.25) is 5.02 Å². The van der Waals surface area contributed by atoms with Gasteiger partial charge in [-0.25, -0.2) is 4.79 Å². The number of halogens is 1. The zero-order chi connectivity index (χ0) is 16.7. The molecule has 0 fully saturated rings.